The monoisotopic (exact) mass is 512 g/mol. The van der Waals surface area contributed by atoms with Crippen LogP contribution in [0.25, 0.3) is 10.2 Å². The number of piperidine rings is 1. The number of carbonyl (C=O) groups excluding carboxylic acids is 2. The molecular weight excluding hydrogens is 484 g/mol. The molecule has 4 rings (SSSR count). The number of benzene rings is 2. The van der Waals surface area contributed by atoms with Crippen molar-refractivity contribution in [2.45, 2.75) is 32.7 Å². The SMILES string of the molecule is CCOC(=O)c1ccc2c(c1)sc(=NC(=O)c1ccc(N3CCCCC3)c([N+](=O)[O-])c1)n2CCOC. The molecule has 36 heavy (non-hydrogen) atoms. The van der Waals surface area contributed by atoms with Crippen LogP contribution in [0.2, 0.25) is 0 Å². The summed E-state index contributed by atoms with van der Waals surface area (Å²) in [7, 11) is 1.58. The van der Waals surface area contributed by atoms with Crippen LogP contribution in [0, 0.1) is 10.1 Å². The summed E-state index contributed by atoms with van der Waals surface area (Å²) in [5, 5.41) is 11.8. The third kappa shape index (κ3) is 5.47. The molecule has 0 unspecified atom stereocenters. The Morgan fingerprint density at radius 2 is 1.86 bits per heavy atom. The summed E-state index contributed by atoms with van der Waals surface area (Å²) in [5.74, 6) is -1.00. The van der Waals surface area contributed by atoms with E-state index in [0.717, 1.165) is 42.6 Å². The number of hydrogen-bond donors (Lipinski definition) is 0. The third-order valence-corrected chi connectivity index (χ3v) is 7.07. The number of ether oxygens (including phenoxy) is 2. The molecular formula is C25H28N4O6S. The van der Waals surface area contributed by atoms with Crippen LogP contribution in [0.1, 0.15) is 46.9 Å². The highest BCUT2D eigenvalue weighted by atomic mass is 32.1. The molecule has 2 aromatic carbocycles. The topological polar surface area (TPSA) is 116 Å². The fraction of sp³-hybridized carbons (Fsp3) is 0.400. The third-order valence-electron chi connectivity index (χ3n) is 6.03. The first-order chi connectivity index (χ1) is 17.4. The van der Waals surface area contributed by atoms with Crippen LogP contribution in [0.15, 0.2) is 41.4 Å². The van der Waals surface area contributed by atoms with Gasteiger partial charge in [-0.3, -0.25) is 14.9 Å². The fourth-order valence-electron chi connectivity index (χ4n) is 4.25. The molecule has 3 aromatic rings. The van der Waals surface area contributed by atoms with Gasteiger partial charge in [-0.05, 0) is 56.5 Å². The minimum Gasteiger partial charge on any atom is -0.462 e. The summed E-state index contributed by atoms with van der Waals surface area (Å²) in [5.41, 5.74) is 1.78. The van der Waals surface area contributed by atoms with Gasteiger partial charge in [0.25, 0.3) is 11.6 Å². The van der Waals surface area contributed by atoms with E-state index in [1.807, 2.05) is 9.47 Å². The number of nitro benzene ring substituents is 1. The van der Waals surface area contributed by atoms with Gasteiger partial charge in [0.15, 0.2) is 4.80 Å². The minimum atomic E-state index is -0.577. The quantitative estimate of drug-likeness (QED) is 0.253. The number of amides is 1. The Labute approximate surface area is 211 Å². The summed E-state index contributed by atoms with van der Waals surface area (Å²) in [6, 6.07) is 9.71. The van der Waals surface area contributed by atoms with E-state index in [1.165, 1.54) is 17.4 Å². The standard InChI is InChI=1S/C25H28N4O6S/c1-3-35-24(31)18-8-10-20-22(16-18)36-25(28(20)13-14-34-2)26-23(30)17-7-9-19(21(15-17)29(32)33)27-11-5-4-6-12-27/h7-10,15-16H,3-6,11-14H2,1-2H3. The molecule has 0 atom stereocenters. The molecule has 0 aliphatic carbocycles. The van der Waals surface area contributed by atoms with E-state index in [9.17, 15) is 19.7 Å². The first kappa shape index (κ1) is 25.5. The van der Waals surface area contributed by atoms with Crippen LogP contribution < -0.4 is 9.70 Å². The molecule has 0 bridgehead atoms. The number of fused-ring (bicyclic) bond motifs is 1. The first-order valence-electron chi connectivity index (χ1n) is 11.8. The normalized spacial score (nSPS) is 14.3. The molecule has 0 spiro atoms. The molecule has 0 saturated carbocycles. The molecule has 1 fully saturated rings. The van der Waals surface area contributed by atoms with Crippen LogP contribution >= 0.6 is 11.3 Å². The Kier molecular flexibility index (Phi) is 8.11. The van der Waals surface area contributed by atoms with Crippen LogP contribution in [-0.2, 0) is 16.0 Å². The number of methoxy groups -OCH3 is 1. The Morgan fingerprint density at radius 3 is 2.56 bits per heavy atom. The lowest BCUT2D eigenvalue weighted by molar-refractivity contribution is -0.384. The highest BCUT2D eigenvalue weighted by molar-refractivity contribution is 7.16. The highest BCUT2D eigenvalue weighted by Crippen LogP contribution is 2.31. The number of anilines is 1. The lowest BCUT2D eigenvalue weighted by Gasteiger charge is -2.28. The maximum absolute atomic E-state index is 13.1. The fourth-order valence-corrected chi connectivity index (χ4v) is 5.35. The largest absolute Gasteiger partial charge is 0.462 e. The van der Waals surface area contributed by atoms with Gasteiger partial charge in [-0.1, -0.05) is 11.3 Å². The van der Waals surface area contributed by atoms with Gasteiger partial charge in [0.1, 0.15) is 5.69 Å². The number of hydrogen-bond acceptors (Lipinski definition) is 8. The van der Waals surface area contributed by atoms with Crippen molar-refractivity contribution in [3.05, 3.63) is 62.4 Å². The number of nitro groups is 1. The minimum absolute atomic E-state index is 0.0966. The van der Waals surface area contributed by atoms with Crippen molar-refractivity contribution in [2.75, 3.05) is 38.3 Å². The van der Waals surface area contributed by atoms with E-state index in [1.54, 1.807) is 44.4 Å². The van der Waals surface area contributed by atoms with Crippen molar-refractivity contribution in [3.63, 3.8) is 0 Å². The Hall–Kier alpha value is -3.57. The molecule has 2 heterocycles. The molecule has 190 valence electrons. The van der Waals surface area contributed by atoms with Crippen molar-refractivity contribution < 1.29 is 24.0 Å². The van der Waals surface area contributed by atoms with Gasteiger partial charge in [-0.25, -0.2) is 4.79 Å². The van der Waals surface area contributed by atoms with Gasteiger partial charge >= 0.3 is 5.97 Å². The smallest absolute Gasteiger partial charge is 0.338 e. The maximum atomic E-state index is 13.1. The summed E-state index contributed by atoms with van der Waals surface area (Å²) in [6.45, 7) is 4.36. The average Bonchev–Trinajstić information content (AvgIpc) is 3.23. The average molecular weight is 513 g/mol. The second-order valence-electron chi connectivity index (χ2n) is 8.36. The zero-order valence-electron chi connectivity index (χ0n) is 20.3. The molecule has 0 N–H and O–H groups in total. The number of carbonyl (C=O) groups is 2. The van der Waals surface area contributed by atoms with Crippen molar-refractivity contribution in [1.29, 1.82) is 0 Å². The lowest BCUT2D eigenvalue weighted by Crippen LogP contribution is -2.30. The summed E-state index contributed by atoms with van der Waals surface area (Å²) in [6.07, 6.45) is 3.08. The number of esters is 1. The van der Waals surface area contributed by atoms with Gasteiger partial charge in [0.2, 0.25) is 0 Å². The molecule has 1 aromatic heterocycles. The summed E-state index contributed by atoms with van der Waals surface area (Å²) in [4.78, 5) is 43.4. The first-order valence-corrected chi connectivity index (χ1v) is 12.7. The zero-order valence-corrected chi connectivity index (χ0v) is 21.1. The predicted octanol–water partition coefficient (Wildman–Crippen LogP) is 4.17. The van der Waals surface area contributed by atoms with E-state index in [2.05, 4.69) is 4.99 Å². The van der Waals surface area contributed by atoms with Crippen LogP contribution in [-0.4, -0.2) is 54.8 Å². The summed E-state index contributed by atoms with van der Waals surface area (Å²) < 4.78 is 12.9. The maximum Gasteiger partial charge on any atom is 0.338 e. The van der Waals surface area contributed by atoms with Gasteiger partial charge in [-0.15, -0.1) is 0 Å². The Balaban J connectivity index is 1.73. The van der Waals surface area contributed by atoms with Crippen molar-refractivity contribution in [3.8, 4) is 0 Å². The van der Waals surface area contributed by atoms with Gasteiger partial charge in [-0.2, -0.15) is 4.99 Å². The molecule has 0 radical (unpaired) electrons. The number of nitrogens with zero attached hydrogens (tertiary/aromatic N) is 4. The van der Waals surface area contributed by atoms with E-state index in [0.29, 0.717) is 29.2 Å². The Bertz CT molecular complexity index is 1360. The molecule has 10 nitrogen and oxygen atoms in total. The van der Waals surface area contributed by atoms with Crippen LogP contribution in [0.5, 0.6) is 0 Å². The van der Waals surface area contributed by atoms with Crippen molar-refractivity contribution >= 4 is 44.8 Å². The number of aromatic nitrogens is 1. The molecule has 11 heteroatoms. The highest BCUT2D eigenvalue weighted by Gasteiger charge is 2.23. The number of thiazole rings is 1. The number of rotatable bonds is 8. The van der Waals surface area contributed by atoms with Gasteiger partial charge in [0, 0.05) is 38.4 Å². The van der Waals surface area contributed by atoms with Crippen LogP contribution in [0.3, 0.4) is 0 Å². The Morgan fingerprint density at radius 1 is 1.11 bits per heavy atom. The molecule has 1 amide bonds. The van der Waals surface area contributed by atoms with E-state index in [-0.39, 0.29) is 17.9 Å². The van der Waals surface area contributed by atoms with Crippen molar-refractivity contribution in [2.24, 2.45) is 4.99 Å². The lowest BCUT2D eigenvalue weighted by atomic mass is 10.1. The molecule has 1 aliphatic rings. The second kappa shape index (κ2) is 11.4. The molecule has 1 saturated heterocycles. The second-order valence-corrected chi connectivity index (χ2v) is 9.37. The van der Waals surface area contributed by atoms with E-state index in [4.69, 9.17) is 9.47 Å². The molecule has 1 aliphatic heterocycles. The van der Waals surface area contributed by atoms with Gasteiger partial charge < -0.3 is 18.9 Å². The van der Waals surface area contributed by atoms with Crippen LogP contribution in [0.4, 0.5) is 11.4 Å². The summed E-state index contributed by atoms with van der Waals surface area (Å²) >= 11 is 1.25. The van der Waals surface area contributed by atoms with E-state index >= 15 is 0 Å². The van der Waals surface area contributed by atoms with Crippen molar-refractivity contribution in [1.82, 2.24) is 4.57 Å². The zero-order chi connectivity index (χ0) is 25.7. The predicted molar refractivity (Wildman–Crippen MR) is 137 cm³/mol. The van der Waals surface area contributed by atoms with E-state index < -0.39 is 16.8 Å². The van der Waals surface area contributed by atoms with Gasteiger partial charge in [0.05, 0.1) is 33.9 Å².